The molecule has 0 aromatic heterocycles. The normalized spacial score (nSPS) is 14.6. The molecule has 0 spiro atoms. The standard InChI is InChI=1S/C13H18F3NO/c1-3-5-10(18-4-2)13(17)8-6-7-9(14)12(16)11(8)15/h6-7,10,13H,3-5,17H2,1-2H3. The van der Waals surface area contributed by atoms with Crippen molar-refractivity contribution in [1.29, 1.82) is 0 Å². The molecule has 1 aromatic rings. The van der Waals surface area contributed by atoms with Crippen LogP contribution in [-0.4, -0.2) is 12.7 Å². The molecule has 1 aromatic carbocycles. The van der Waals surface area contributed by atoms with Gasteiger partial charge in [-0.15, -0.1) is 0 Å². The van der Waals surface area contributed by atoms with Gasteiger partial charge in [0.25, 0.3) is 0 Å². The summed E-state index contributed by atoms with van der Waals surface area (Å²) in [6, 6.07) is 1.24. The van der Waals surface area contributed by atoms with Crippen molar-refractivity contribution in [2.24, 2.45) is 5.73 Å². The average molecular weight is 261 g/mol. The minimum Gasteiger partial charge on any atom is -0.377 e. The molecule has 18 heavy (non-hydrogen) atoms. The van der Waals surface area contributed by atoms with Crippen molar-refractivity contribution in [3.8, 4) is 0 Å². The first-order valence-electron chi connectivity index (χ1n) is 6.03. The van der Waals surface area contributed by atoms with Crippen LogP contribution in [0.2, 0.25) is 0 Å². The molecule has 0 bridgehead atoms. The van der Waals surface area contributed by atoms with Crippen LogP contribution < -0.4 is 5.73 Å². The number of hydrogen-bond donors (Lipinski definition) is 1. The molecule has 102 valence electrons. The van der Waals surface area contributed by atoms with Crippen LogP contribution >= 0.6 is 0 Å². The van der Waals surface area contributed by atoms with Crippen LogP contribution in [0.5, 0.6) is 0 Å². The summed E-state index contributed by atoms with van der Waals surface area (Å²) < 4.78 is 45.0. The van der Waals surface area contributed by atoms with E-state index >= 15 is 0 Å². The predicted molar refractivity (Wildman–Crippen MR) is 63.6 cm³/mol. The van der Waals surface area contributed by atoms with Crippen LogP contribution in [0.15, 0.2) is 12.1 Å². The highest BCUT2D eigenvalue weighted by molar-refractivity contribution is 5.24. The molecular formula is C13H18F3NO. The topological polar surface area (TPSA) is 35.2 Å². The van der Waals surface area contributed by atoms with E-state index in [1.54, 1.807) is 6.92 Å². The molecule has 2 N–H and O–H groups in total. The zero-order chi connectivity index (χ0) is 13.7. The number of hydrogen-bond acceptors (Lipinski definition) is 2. The fourth-order valence-electron chi connectivity index (χ4n) is 1.86. The highest BCUT2D eigenvalue weighted by Crippen LogP contribution is 2.25. The lowest BCUT2D eigenvalue weighted by Gasteiger charge is -2.24. The monoisotopic (exact) mass is 261 g/mol. The van der Waals surface area contributed by atoms with Crippen LogP contribution in [0.1, 0.15) is 38.3 Å². The molecule has 0 radical (unpaired) electrons. The van der Waals surface area contributed by atoms with E-state index in [1.165, 1.54) is 6.07 Å². The number of ether oxygens (including phenoxy) is 1. The lowest BCUT2D eigenvalue weighted by molar-refractivity contribution is 0.0364. The van der Waals surface area contributed by atoms with Crippen LogP contribution in [0.4, 0.5) is 13.2 Å². The van der Waals surface area contributed by atoms with Crippen LogP contribution in [0.25, 0.3) is 0 Å². The third kappa shape index (κ3) is 3.23. The Labute approximate surface area is 105 Å². The molecule has 5 heteroatoms. The van der Waals surface area contributed by atoms with Gasteiger partial charge in [-0.3, -0.25) is 0 Å². The van der Waals surface area contributed by atoms with Crippen LogP contribution in [-0.2, 0) is 4.74 Å². The van der Waals surface area contributed by atoms with Gasteiger partial charge in [-0.05, 0) is 19.4 Å². The van der Waals surface area contributed by atoms with Gasteiger partial charge >= 0.3 is 0 Å². The summed E-state index contributed by atoms with van der Waals surface area (Å²) in [6.45, 7) is 4.18. The number of halogens is 3. The summed E-state index contributed by atoms with van der Waals surface area (Å²) in [6.07, 6.45) is 1.04. The Morgan fingerprint density at radius 1 is 1.17 bits per heavy atom. The maximum Gasteiger partial charge on any atom is 0.194 e. The van der Waals surface area contributed by atoms with Gasteiger partial charge < -0.3 is 10.5 Å². The molecule has 0 saturated heterocycles. The summed E-state index contributed by atoms with van der Waals surface area (Å²) in [5.41, 5.74) is 5.82. The number of nitrogens with two attached hydrogens (primary N) is 1. The fourth-order valence-corrected chi connectivity index (χ4v) is 1.86. The van der Waals surface area contributed by atoms with E-state index in [0.29, 0.717) is 13.0 Å². The Balaban J connectivity index is 3.00. The van der Waals surface area contributed by atoms with E-state index in [1.807, 2.05) is 6.92 Å². The smallest absolute Gasteiger partial charge is 0.194 e. The van der Waals surface area contributed by atoms with Crippen LogP contribution in [0, 0.1) is 17.5 Å². The van der Waals surface area contributed by atoms with Crippen molar-refractivity contribution in [1.82, 2.24) is 0 Å². The molecule has 2 nitrogen and oxygen atoms in total. The molecule has 1 rings (SSSR count). The van der Waals surface area contributed by atoms with E-state index in [9.17, 15) is 13.2 Å². The summed E-state index contributed by atoms with van der Waals surface area (Å²) in [5, 5.41) is 0. The molecule has 0 heterocycles. The minimum atomic E-state index is -1.49. The lowest BCUT2D eigenvalue weighted by atomic mass is 9.98. The Morgan fingerprint density at radius 2 is 1.83 bits per heavy atom. The lowest BCUT2D eigenvalue weighted by Crippen LogP contribution is -2.30. The second-order valence-electron chi connectivity index (χ2n) is 4.07. The Hall–Kier alpha value is -1.07. The van der Waals surface area contributed by atoms with E-state index in [-0.39, 0.29) is 5.56 Å². The fraction of sp³-hybridized carbons (Fsp3) is 0.538. The number of benzene rings is 1. The van der Waals surface area contributed by atoms with Crippen LogP contribution in [0.3, 0.4) is 0 Å². The zero-order valence-corrected chi connectivity index (χ0v) is 10.6. The highest BCUT2D eigenvalue weighted by Gasteiger charge is 2.24. The van der Waals surface area contributed by atoms with Crippen molar-refractivity contribution in [3.63, 3.8) is 0 Å². The highest BCUT2D eigenvalue weighted by atomic mass is 19.2. The third-order valence-electron chi connectivity index (χ3n) is 2.78. The first kappa shape index (κ1) is 15.0. The molecule has 2 atom stereocenters. The van der Waals surface area contributed by atoms with Gasteiger partial charge in [0.1, 0.15) is 0 Å². The second kappa shape index (κ2) is 6.75. The molecule has 0 saturated carbocycles. The van der Waals surface area contributed by atoms with Crippen molar-refractivity contribution in [2.75, 3.05) is 6.61 Å². The molecule has 0 aliphatic heterocycles. The maximum absolute atomic E-state index is 13.6. The Kier molecular flexibility index (Phi) is 5.62. The van der Waals surface area contributed by atoms with Crippen molar-refractivity contribution < 1.29 is 17.9 Å². The summed E-state index contributed by atoms with van der Waals surface area (Å²) in [5.74, 6) is -3.94. The van der Waals surface area contributed by atoms with E-state index in [2.05, 4.69) is 0 Å². The molecule has 0 amide bonds. The second-order valence-corrected chi connectivity index (χ2v) is 4.07. The summed E-state index contributed by atoms with van der Waals surface area (Å²) in [7, 11) is 0. The van der Waals surface area contributed by atoms with Gasteiger partial charge in [-0.1, -0.05) is 19.4 Å². The molecule has 0 aliphatic rings. The average Bonchev–Trinajstić information content (AvgIpc) is 2.35. The molecule has 2 unspecified atom stereocenters. The summed E-state index contributed by atoms with van der Waals surface area (Å²) in [4.78, 5) is 0. The van der Waals surface area contributed by atoms with Gasteiger partial charge in [0.05, 0.1) is 12.1 Å². The SMILES string of the molecule is CCCC(OCC)C(N)c1ccc(F)c(F)c1F. The van der Waals surface area contributed by atoms with Gasteiger partial charge in [0.2, 0.25) is 0 Å². The maximum atomic E-state index is 13.6. The quantitative estimate of drug-likeness (QED) is 0.797. The molecule has 0 aliphatic carbocycles. The first-order valence-corrected chi connectivity index (χ1v) is 6.03. The molecular weight excluding hydrogens is 243 g/mol. The summed E-state index contributed by atoms with van der Waals surface area (Å²) >= 11 is 0. The van der Waals surface area contributed by atoms with Crippen molar-refractivity contribution >= 4 is 0 Å². The van der Waals surface area contributed by atoms with Gasteiger partial charge in [-0.2, -0.15) is 0 Å². The largest absolute Gasteiger partial charge is 0.377 e. The predicted octanol–water partition coefficient (Wildman–Crippen LogP) is 3.31. The van der Waals surface area contributed by atoms with E-state index in [0.717, 1.165) is 12.5 Å². The van der Waals surface area contributed by atoms with Gasteiger partial charge in [0.15, 0.2) is 17.5 Å². The third-order valence-corrected chi connectivity index (χ3v) is 2.78. The van der Waals surface area contributed by atoms with E-state index < -0.39 is 29.6 Å². The minimum absolute atomic E-state index is 0.0548. The Morgan fingerprint density at radius 3 is 2.39 bits per heavy atom. The van der Waals surface area contributed by atoms with Gasteiger partial charge in [0, 0.05) is 12.2 Å². The number of rotatable bonds is 6. The first-order chi connectivity index (χ1) is 8.52. The van der Waals surface area contributed by atoms with Crippen molar-refractivity contribution in [3.05, 3.63) is 35.1 Å². The Bertz CT molecular complexity index is 392. The van der Waals surface area contributed by atoms with E-state index in [4.69, 9.17) is 10.5 Å². The zero-order valence-electron chi connectivity index (χ0n) is 10.6. The van der Waals surface area contributed by atoms with Crippen molar-refractivity contribution in [2.45, 2.75) is 38.8 Å². The molecule has 0 fully saturated rings. The van der Waals surface area contributed by atoms with Gasteiger partial charge in [-0.25, -0.2) is 13.2 Å².